The highest BCUT2D eigenvalue weighted by molar-refractivity contribution is 7.07. The van der Waals surface area contributed by atoms with Crippen LogP contribution in [0.3, 0.4) is 0 Å². The molecule has 5 aromatic rings. The minimum absolute atomic E-state index is 0.0811. The van der Waals surface area contributed by atoms with Gasteiger partial charge in [0.25, 0.3) is 5.56 Å². The van der Waals surface area contributed by atoms with Crippen LogP contribution < -0.4 is 14.9 Å². The molecule has 0 saturated carbocycles. The third-order valence-corrected chi connectivity index (χ3v) is 8.30. The van der Waals surface area contributed by atoms with Gasteiger partial charge in [-0.15, -0.1) is 0 Å². The molecule has 0 saturated heterocycles. The SMILES string of the molecule is O=c1/c(=C/c2ccc(-c3ccc(Cl)cc3Cl)o2)sc2n1C(c1ccccc1)C=C(c1cc(F)c(Cl)cc1Cl)N=2. The van der Waals surface area contributed by atoms with Gasteiger partial charge in [0.2, 0.25) is 0 Å². The van der Waals surface area contributed by atoms with Crippen LogP contribution in [0, 0.1) is 5.82 Å². The van der Waals surface area contributed by atoms with Gasteiger partial charge in [-0.25, -0.2) is 9.38 Å². The zero-order valence-electron chi connectivity index (χ0n) is 19.7. The third kappa shape index (κ3) is 4.99. The molecule has 0 aliphatic carbocycles. The molecule has 1 aliphatic heterocycles. The number of fused-ring (bicyclic) bond motifs is 1. The van der Waals surface area contributed by atoms with E-state index in [1.165, 1.54) is 23.5 Å². The van der Waals surface area contributed by atoms with E-state index in [9.17, 15) is 9.18 Å². The summed E-state index contributed by atoms with van der Waals surface area (Å²) in [5.74, 6) is 0.403. The Morgan fingerprint density at radius 2 is 1.67 bits per heavy atom. The predicted octanol–water partition coefficient (Wildman–Crippen LogP) is 8.02. The van der Waals surface area contributed by atoms with Crippen molar-refractivity contribution in [2.75, 3.05) is 0 Å². The summed E-state index contributed by atoms with van der Waals surface area (Å²) in [5, 5.41) is 1.15. The molecule has 0 N–H and O–H groups in total. The van der Waals surface area contributed by atoms with E-state index >= 15 is 0 Å². The highest BCUT2D eigenvalue weighted by Crippen LogP contribution is 2.34. The summed E-state index contributed by atoms with van der Waals surface area (Å²) in [4.78, 5) is 18.8. The number of nitrogens with zero attached hydrogens (tertiary/aromatic N) is 2. The molecule has 6 rings (SSSR count). The van der Waals surface area contributed by atoms with Gasteiger partial charge in [0.05, 0.1) is 31.3 Å². The van der Waals surface area contributed by atoms with E-state index in [1.807, 2.05) is 30.3 Å². The molecule has 10 heteroatoms. The van der Waals surface area contributed by atoms with E-state index in [1.54, 1.807) is 47.1 Å². The highest BCUT2D eigenvalue weighted by Gasteiger charge is 2.24. The van der Waals surface area contributed by atoms with Gasteiger partial charge in [-0.05, 0) is 54.1 Å². The van der Waals surface area contributed by atoms with Gasteiger partial charge < -0.3 is 4.42 Å². The van der Waals surface area contributed by atoms with Crippen molar-refractivity contribution in [3.63, 3.8) is 0 Å². The van der Waals surface area contributed by atoms with E-state index in [4.69, 9.17) is 50.8 Å². The molecular weight excluding hydrogens is 601 g/mol. The third-order valence-electron chi connectivity index (χ3n) is 6.17. The van der Waals surface area contributed by atoms with Crippen LogP contribution in [0.5, 0.6) is 0 Å². The molecule has 1 atom stereocenters. The molecule has 0 amide bonds. The number of furan rings is 1. The highest BCUT2D eigenvalue weighted by atomic mass is 35.5. The molecule has 2 aromatic heterocycles. The van der Waals surface area contributed by atoms with Crippen molar-refractivity contribution in [2.45, 2.75) is 6.04 Å². The molecule has 1 unspecified atom stereocenters. The molecule has 0 fully saturated rings. The summed E-state index contributed by atoms with van der Waals surface area (Å²) < 4.78 is 22.4. The summed E-state index contributed by atoms with van der Waals surface area (Å²) >= 11 is 25.9. The molecule has 39 heavy (non-hydrogen) atoms. The van der Waals surface area contributed by atoms with Crippen LogP contribution >= 0.6 is 57.7 Å². The summed E-state index contributed by atoms with van der Waals surface area (Å²) in [5.41, 5.74) is 2.13. The van der Waals surface area contributed by atoms with Crippen molar-refractivity contribution in [2.24, 2.45) is 4.99 Å². The maximum Gasteiger partial charge on any atom is 0.271 e. The van der Waals surface area contributed by atoms with Crippen molar-refractivity contribution < 1.29 is 8.81 Å². The van der Waals surface area contributed by atoms with Crippen LogP contribution in [0.15, 0.2) is 93.1 Å². The summed E-state index contributed by atoms with van der Waals surface area (Å²) in [6.07, 6.45) is 3.46. The quantitative estimate of drug-likeness (QED) is 0.192. The fourth-order valence-electron chi connectivity index (χ4n) is 4.33. The lowest BCUT2D eigenvalue weighted by Gasteiger charge is -2.20. The number of hydrogen-bond acceptors (Lipinski definition) is 4. The second-order valence-electron chi connectivity index (χ2n) is 8.66. The summed E-state index contributed by atoms with van der Waals surface area (Å²) in [6, 6.07) is 20.3. The smallest absolute Gasteiger partial charge is 0.271 e. The molecule has 1 aliphatic rings. The average Bonchev–Trinajstić information content (AvgIpc) is 3.50. The average molecular weight is 616 g/mol. The van der Waals surface area contributed by atoms with Crippen LogP contribution in [0.25, 0.3) is 23.1 Å². The molecule has 3 aromatic carbocycles. The monoisotopic (exact) mass is 614 g/mol. The Labute approximate surface area is 245 Å². The maximum atomic E-state index is 14.4. The minimum atomic E-state index is -0.610. The number of thiazole rings is 1. The van der Waals surface area contributed by atoms with E-state index in [0.717, 1.165) is 5.56 Å². The maximum absolute atomic E-state index is 14.4. The van der Waals surface area contributed by atoms with Gasteiger partial charge in [0, 0.05) is 22.2 Å². The van der Waals surface area contributed by atoms with Gasteiger partial charge in [0.15, 0.2) is 4.80 Å². The lowest BCUT2D eigenvalue weighted by molar-refractivity contribution is 0.571. The Balaban J connectivity index is 1.50. The van der Waals surface area contributed by atoms with Crippen molar-refractivity contribution >= 4 is 69.5 Å². The molecule has 3 heterocycles. The Hall–Kier alpha value is -3.13. The zero-order chi connectivity index (χ0) is 27.3. The molecule has 194 valence electrons. The van der Waals surface area contributed by atoms with Crippen LogP contribution in [-0.2, 0) is 0 Å². The Kier molecular flexibility index (Phi) is 7.00. The minimum Gasteiger partial charge on any atom is -0.457 e. The van der Waals surface area contributed by atoms with Gasteiger partial charge in [-0.2, -0.15) is 0 Å². The van der Waals surface area contributed by atoms with Gasteiger partial charge in [-0.3, -0.25) is 9.36 Å². The molecular formula is C29H15Cl4FN2O2S. The number of hydrogen-bond donors (Lipinski definition) is 0. The number of aromatic nitrogens is 1. The van der Waals surface area contributed by atoms with Crippen molar-refractivity contribution in [1.29, 1.82) is 0 Å². The predicted molar refractivity (Wildman–Crippen MR) is 156 cm³/mol. The van der Waals surface area contributed by atoms with Crippen LogP contribution in [-0.4, -0.2) is 4.57 Å². The first-order valence-corrected chi connectivity index (χ1v) is 13.9. The first-order valence-electron chi connectivity index (χ1n) is 11.6. The van der Waals surface area contributed by atoms with E-state index in [0.29, 0.717) is 47.7 Å². The van der Waals surface area contributed by atoms with E-state index < -0.39 is 11.9 Å². The normalized spacial score (nSPS) is 15.2. The topological polar surface area (TPSA) is 47.5 Å². The lowest BCUT2D eigenvalue weighted by Crippen LogP contribution is -2.36. The summed E-state index contributed by atoms with van der Waals surface area (Å²) in [6.45, 7) is 0. The first kappa shape index (κ1) is 26.1. The number of allylic oxidation sites excluding steroid dienone is 1. The fourth-order valence-corrected chi connectivity index (χ4v) is 6.31. The van der Waals surface area contributed by atoms with Crippen molar-refractivity contribution in [3.8, 4) is 11.3 Å². The molecule has 0 radical (unpaired) electrons. The first-order chi connectivity index (χ1) is 18.8. The molecule has 0 spiro atoms. The second-order valence-corrected chi connectivity index (χ2v) is 11.3. The largest absolute Gasteiger partial charge is 0.457 e. The van der Waals surface area contributed by atoms with Gasteiger partial charge >= 0.3 is 0 Å². The number of halogens is 5. The van der Waals surface area contributed by atoms with Crippen molar-refractivity contribution in [3.05, 3.63) is 141 Å². The summed E-state index contributed by atoms with van der Waals surface area (Å²) in [7, 11) is 0. The number of rotatable bonds is 4. The van der Waals surface area contributed by atoms with Crippen LogP contribution in [0.4, 0.5) is 4.39 Å². The van der Waals surface area contributed by atoms with Crippen LogP contribution in [0.1, 0.15) is 22.9 Å². The molecule has 0 bridgehead atoms. The van der Waals surface area contributed by atoms with Crippen LogP contribution in [0.2, 0.25) is 20.1 Å². The van der Waals surface area contributed by atoms with Gasteiger partial charge in [0.1, 0.15) is 17.3 Å². The van der Waals surface area contributed by atoms with E-state index in [-0.39, 0.29) is 15.6 Å². The Bertz CT molecular complexity index is 1960. The Morgan fingerprint density at radius 1 is 0.897 bits per heavy atom. The second kappa shape index (κ2) is 10.5. The standard InChI is InChI=1S/C29H15Cl4FN2O2S/c30-16-6-8-18(20(31)10-16)26-9-7-17(38-26)11-27-28(37)36-25(15-4-2-1-3-5-15)14-24(35-29(36)39-27)19-12-23(34)22(33)13-21(19)32/h1-14,25H/b27-11-. The number of benzene rings is 3. The fraction of sp³-hybridized carbons (Fsp3) is 0.0345. The van der Waals surface area contributed by atoms with E-state index in [2.05, 4.69) is 4.99 Å². The zero-order valence-corrected chi connectivity index (χ0v) is 23.5. The van der Waals surface area contributed by atoms with Gasteiger partial charge in [-0.1, -0.05) is 88.1 Å². The molecule has 4 nitrogen and oxygen atoms in total. The van der Waals surface area contributed by atoms with Crippen molar-refractivity contribution in [1.82, 2.24) is 4.57 Å². The Morgan fingerprint density at radius 3 is 2.44 bits per heavy atom. The lowest BCUT2D eigenvalue weighted by atomic mass is 10.0.